The minimum atomic E-state index is -2.93. The Kier molecular flexibility index (Phi) is 9.83. The topological polar surface area (TPSA) is 46.5 Å². The molecule has 0 aliphatic carbocycles. The van der Waals surface area contributed by atoms with Crippen molar-refractivity contribution in [1.82, 2.24) is 0 Å². The minimum Gasteiger partial charge on any atom is -0.507 e. The van der Waals surface area contributed by atoms with E-state index in [0.29, 0.717) is 12.8 Å². The molecule has 186 valence electrons. The van der Waals surface area contributed by atoms with Gasteiger partial charge < -0.3 is 9.84 Å². The largest absolute Gasteiger partial charge is 0.507 e. The average Bonchev–Trinajstić information content (AvgIpc) is 2.85. The molecule has 0 saturated heterocycles. The highest BCUT2D eigenvalue weighted by Gasteiger charge is 2.24. The molecule has 0 heterocycles. The number of phenols is 1. The second-order valence-corrected chi connectivity index (χ2v) is 8.73. The van der Waals surface area contributed by atoms with Crippen molar-refractivity contribution in [3.63, 3.8) is 0 Å². The third-order valence-corrected chi connectivity index (χ3v) is 6.18. The number of halogens is 2. The lowest BCUT2D eigenvalue weighted by molar-refractivity contribution is 0.0976. The number of ketones is 1. The first kappa shape index (κ1) is 26.4. The number of Topliss-reactive ketones (excluding diaryl/α,β-unsaturated/α-hetero) is 1. The van der Waals surface area contributed by atoms with Crippen molar-refractivity contribution in [1.29, 1.82) is 0 Å². The predicted octanol–water partition coefficient (Wildman–Crippen LogP) is 8.33. The van der Waals surface area contributed by atoms with E-state index < -0.39 is 17.7 Å². The molecule has 0 atom stereocenters. The van der Waals surface area contributed by atoms with Crippen molar-refractivity contribution >= 4 is 5.78 Å². The van der Waals surface area contributed by atoms with Gasteiger partial charge in [0.15, 0.2) is 5.78 Å². The molecule has 35 heavy (non-hydrogen) atoms. The van der Waals surface area contributed by atoms with Crippen molar-refractivity contribution in [2.45, 2.75) is 65.2 Å². The zero-order chi connectivity index (χ0) is 25.2. The van der Waals surface area contributed by atoms with E-state index in [1.807, 2.05) is 0 Å². The Morgan fingerprint density at radius 1 is 0.829 bits per heavy atom. The van der Waals surface area contributed by atoms with Crippen LogP contribution in [0.5, 0.6) is 11.5 Å². The van der Waals surface area contributed by atoms with Crippen LogP contribution in [-0.4, -0.2) is 17.5 Å². The summed E-state index contributed by atoms with van der Waals surface area (Å²) >= 11 is 0. The molecule has 0 spiro atoms. The molecule has 3 aromatic carbocycles. The highest BCUT2D eigenvalue weighted by atomic mass is 19.3. The lowest BCUT2D eigenvalue weighted by atomic mass is 9.97. The standard InChI is InChI=1S/C30H34F2O3/c1-3-5-6-8-21-11-15-23(16-12-21)24-17-13-22(14-18-24)9-7-10-26(33)25-19-20-27(35-4-2)28(29(25)34)30(31)32/h11-20,30,34H,3-10H2,1-2H3. The summed E-state index contributed by atoms with van der Waals surface area (Å²) in [6.07, 6.45) is 3.28. The first-order valence-electron chi connectivity index (χ1n) is 12.4. The van der Waals surface area contributed by atoms with Gasteiger partial charge in [0, 0.05) is 6.42 Å². The molecular formula is C30H34F2O3. The Morgan fingerprint density at radius 3 is 1.91 bits per heavy atom. The summed E-state index contributed by atoms with van der Waals surface area (Å²) in [6, 6.07) is 19.7. The van der Waals surface area contributed by atoms with Crippen LogP contribution in [0.25, 0.3) is 11.1 Å². The third kappa shape index (κ3) is 7.14. The lowest BCUT2D eigenvalue weighted by Gasteiger charge is -2.14. The normalized spacial score (nSPS) is 11.1. The van der Waals surface area contributed by atoms with Crippen LogP contribution in [0.4, 0.5) is 8.78 Å². The van der Waals surface area contributed by atoms with Gasteiger partial charge in [-0.2, -0.15) is 0 Å². The van der Waals surface area contributed by atoms with Gasteiger partial charge in [0.25, 0.3) is 6.43 Å². The number of rotatable bonds is 13. The van der Waals surface area contributed by atoms with Crippen LogP contribution in [0, 0.1) is 0 Å². The summed E-state index contributed by atoms with van der Waals surface area (Å²) in [6.45, 7) is 4.07. The van der Waals surface area contributed by atoms with E-state index in [9.17, 15) is 18.7 Å². The van der Waals surface area contributed by atoms with Crippen LogP contribution < -0.4 is 4.74 Å². The number of carbonyl (C=O) groups excluding carboxylic acids is 1. The molecule has 5 heteroatoms. The van der Waals surface area contributed by atoms with Crippen LogP contribution >= 0.6 is 0 Å². The summed E-state index contributed by atoms with van der Waals surface area (Å²) in [4.78, 5) is 12.6. The molecule has 0 saturated carbocycles. The number of hydrogen-bond donors (Lipinski definition) is 1. The molecule has 0 aromatic heterocycles. The van der Waals surface area contributed by atoms with Gasteiger partial charge in [-0.15, -0.1) is 0 Å². The lowest BCUT2D eigenvalue weighted by Crippen LogP contribution is -2.05. The number of alkyl halides is 2. The quantitative estimate of drug-likeness (QED) is 0.198. The smallest absolute Gasteiger partial charge is 0.271 e. The van der Waals surface area contributed by atoms with Gasteiger partial charge in [-0.25, -0.2) is 8.78 Å². The zero-order valence-corrected chi connectivity index (χ0v) is 20.5. The number of ether oxygens (including phenoxy) is 1. The monoisotopic (exact) mass is 480 g/mol. The van der Waals surface area contributed by atoms with Gasteiger partial charge in [0.2, 0.25) is 0 Å². The van der Waals surface area contributed by atoms with Crippen LogP contribution in [0.1, 0.15) is 79.4 Å². The zero-order valence-electron chi connectivity index (χ0n) is 20.5. The summed E-state index contributed by atoms with van der Waals surface area (Å²) < 4.78 is 32.0. The van der Waals surface area contributed by atoms with E-state index in [0.717, 1.165) is 17.5 Å². The SMILES string of the molecule is CCCCCc1ccc(-c2ccc(CCCC(=O)c3ccc(OCC)c(C(F)F)c3O)cc2)cc1. The third-order valence-electron chi connectivity index (χ3n) is 6.18. The van der Waals surface area contributed by atoms with Crippen molar-refractivity contribution in [3.05, 3.63) is 82.9 Å². The molecule has 0 bridgehead atoms. The average molecular weight is 481 g/mol. The van der Waals surface area contributed by atoms with Gasteiger partial charge >= 0.3 is 0 Å². The van der Waals surface area contributed by atoms with E-state index in [4.69, 9.17) is 4.74 Å². The molecule has 0 fully saturated rings. The maximum Gasteiger partial charge on any atom is 0.271 e. The van der Waals surface area contributed by atoms with Crippen LogP contribution in [0.2, 0.25) is 0 Å². The maximum absolute atomic E-state index is 13.4. The minimum absolute atomic E-state index is 0.0859. The molecular weight excluding hydrogens is 446 g/mol. The molecule has 0 aliphatic heterocycles. The Balaban J connectivity index is 1.56. The molecule has 0 amide bonds. The number of hydrogen-bond acceptors (Lipinski definition) is 3. The first-order valence-corrected chi connectivity index (χ1v) is 12.4. The van der Waals surface area contributed by atoms with E-state index in [1.165, 1.54) is 42.5 Å². The fraction of sp³-hybridized carbons (Fsp3) is 0.367. The Labute approximate surface area is 206 Å². The Hall–Kier alpha value is -3.21. The van der Waals surface area contributed by atoms with Crippen LogP contribution in [0.3, 0.4) is 0 Å². The number of aryl methyl sites for hydroxylation is 2. The van der Waals surface area contributed by atoms with E-state index in [-0.39, 0.29) is 30.1 Å². The number of phenolic OH excluding ortho intramolecular Hbond substituents is 1. The van der Waals surface area contributed by atoms with Gasteiger partial charge in [-0.3, -0.25) is 4.79 Å². The Morgan fingerprint density at radius 2 is 1.40 bits per heavy atom. The van der Waals surface area contributed by atoms with Gasteiger partial charge in [-0.1, -0.05) is 68.3 Å². The molecule has 3 rings (SSSR count). The summed E-state index contributed by atoms with van der Waals surface area (Å²) in [5.74, 6) is -1.14. The van der Waals surface area contributed by atoms with Crippen molar-refractivity contribution < 1.29 is 23.4 Å². The summed E-state index contributed by atoms with van der Waals surface area (Å²) in [7, 11) is 0. The van der Waals surface area contributed by atoms with Gasteiger partial charge in [0.1, 0.15) is 17.1 Å². The van der Waals surface area contributed by atoms with E-state index in [2.05, 4.69) is 55.5 Å². The summed E-state index contributed by atoms with van der Waals surface area (Å²) in [5, 5.41) is 10.3. The number of aromatic hydroxyl groups is 1. The van der Waals surface area contributed by atoms with Gasteiger partial charge in [-0.05, 0) is 67.0 Å². The fourth-order valence-corrected chi connectivity index (χ4v) is 4.20. The second-order valence-electron chi connectivity index (χ2n) is 8.73. The first-order chi connectivity index (χ1) is 16.9. The van der Waals surface area contributed by atoms with Crippen molar-refractivity contribution in [2.24, 2.45) is 0 Å². The number of carbonyl (C=O) groups is 1. The van der Waals surface area contributed by atoms with Crippen molar-refractivity contribution in [3.8, 4) is 22.6 Å². The molecule has 3 aromatic rings. The maximum atomic E-state index is 13.4. The highest BCUT2D eigenvalue weighted by Crippen LogP contribution is 2.39. The molecule has 3 nitrogen and oxygen atoms in total. The molecule has 0 unspecified atom stereocenters. The van der Waals surface area contributed by atoms with E-state index >= 15 is 0 Å². The number of unbranched alkanes of at least 4 members (excludes halogenated alkanes) is 2. The van der Waals surface area contributed by atoms with Crippen LogP contribution in [0.15, 0.2) is 60.7 Å². The highest BCUT2D eigenvalue weighted by molar-refractivity contribution is 5.99. The number of benzene rings is 3. The van der Waals surface area contributed by atoms with E-state index in [1.54, 1.807) is 6.92 Å². The molecule has 1 N–H and O–H groups in total. The Bertz CT molecular complexity index is 1090. The van der Waals surface area contributed by atoms with Crippen molar-refractivity contribution in [2.75, 3.05) is 6.61 Å². The second kappa shape index (κ2) is 13.0. The van der Waals surface area contributed by atoms with Crippen LogP contribution in [-0.2, 0) is 12.8 Å². The van der Waals surface area contributed by atoms with Gasteiger partial charge in [0.05, 0.1) is 12.2 Å². The summed E-state index contributed by atoms with van der Waals surface area (Å²) in [5.41, 5.74) is 4.07. The predicted molar refractivity (Wildman–Crippen MR) is 137 cm³/mol. The molecule has 0 aliphatic rings. The fourth-order valence-electron chi connectivity index (χ4n) is 4.20. The molecule has 0 radical (unpaired) electrons.